The van der Waals surface area contributed by atoms with E-state index in [1.165, 1.54) is 25.1 Å². The quantitative estimate of drug-likeness (QED) is 0.706. The van der Waals surface area contributed by atoms with E-state index in [0.29, 0.717) is 28.2 Å². The molecule has 0 aliphatic heterocycles. The van der Waals surface area contributed by atoms with Crippen LogP contribution in [-0.4, -0.2) is 25.5 Å². The lowest BCUT2D eigenvalue weighted by molar-refractivity contribution is -0.144. The van der Waals surface area contributed by atoms with Gasteiger partial charge >= 0.3 is 6.18 Å². The molecule has 142 valence electrons. The summed E-state index contributed by atoms with van der Waals surface area (Å²) in [5, 5.41) is 6.04. The molecule has 3 aromatic rings. The highest BCUT2D eigenvalue weighted by molar-refractivity contribution is 5.93. The number of amides is 1. The smallest absolute Gasteiger partial charge is 0.325 e. The second kappa shape index (κ2) is 6.60. The van der Waals surface area contributed by atoms with E-state index in [-0.39, 0.29) is 12.2 Å². The van der Waals surface area contributed by atoms with Gasteiger partial charge in [0.25, 0.3) is 11.6 Å². The number of halogens is 4. The van der Waals surface area contributed by atoms with Crippen LogP contribution in [0.4, 0.5) is 23.2 Å². The topological polar surface area (TPSA) is 72.2 Å². The molecule has 0 aliphatic carbocycles. The molecule has 0 bridgehead atoms. The zero-order valence-electron chi connectivity index (χ0n) is 14.6. The molecule has 1 N–H and O–H groups in total. The van der Waals surface area contributed by atoms with Crippen LogP contribution in [0.2, 0.25) is 0 Å². The van der Waals surface area contributed by atoms with E-state index >= 15 is 0 Å². The van der Waals surface area contributed by atoms with Crippen molar-refractivity contribution in [1.29, 1.82) is 0 Å². The number of nitrogens with one attached hydrogen (secondary N) is 1. The van der Waals surface area contributed by atoms with Crippen molar-refractivity contribution in [2.45, 2.75) is 33.4 Å². The Balaban J connectivity index is 1.92. The molecule has 0 atom stereocenters. The minimum atomic E-state index is -4.69. The maximum atomic E-state index is 13.4. The lowest BCUT2D eigenvalue weighted by Gasteiger charge is -2.12. The van der Waals surface area contributed by atoms with Crippen LogP contribution in [0.3, 0.4) is 0 Å². The number of benzene rings is 1. The van der Waals surface area contributed by atoms with Crippen molar-refractivity contribution in [3.05, 3.63) is 52.4 Å². The molecule has 0 fully saturated rings. The number of aryl methyl sites for hydroxylation is 3. The highest BCUT2D eigenvalue weighted by atomic mass is 19.4. The molecule has 0 unspecified atom stereocenters. The van der Waals surface area contributed by atoms with E-state index in [0.717, 1.165) is 4.52 Å². The summed E-state index contributed by atoms with van der Waals surface area (Å²) in [6.45, 7) is 4.82. The summed E-state index contributed by atoms with van der Waals surface area (Å²) in [5.41, 5.74) is 2.12. The van der Waals surface area contributed by atoms with Crippen molar-refractivity contribution >= 4 is 17.4 Å². The van der Waals surface area contributed by atoms with Gasteiger partial charge in [-0.2, -0.15) is 18.2 Å². The first-order chi connectivity index (χ1) is 12.6. The summed E-state index contributed by atoms with van der Waals surface area (Å²) in [6.07, 6.45) is -4.85. The van der Waals surface area contributed by atoms with E-state index in [4.69, 9.17) is 0 Å². The molecule has 0 radical (unpaired) electrons. The average Bonchev–Trinajstić information content (AvgIpc) is 2.99. The van der Waals surface area contributed by atoms with Gasteiger partial charge in [0.15, 0.2) is 0 Å². The summed E-state index contributed by atoms with van der Waals surface area (Å²) in [7, 11) is 0. The number of carbonyl (C=O) groups excluding carboxylic acids is 1. The molecular formula is C17H15F4N5O. The fourth-order valence-corrected chi connectivity index (χ4v) is 2.67. The Morgan fingerprint density at radius 3 is 2.56 bits per heavy atom. The Labute approximate surface area is 151 Å². The number of fused-ring (bicyclic) bond motifs is 1. The van der Waals surface area contributed by atoms with E-state index in [1.807, 2.05) is 0 Å². The van der Waals surface area contributed by atoms with Crippen LogP contribution in [0.1, 0.15) is 28.3 Å². The van der Waals surface area contributed by atoms with Crippen molar-refractivity contribution < 1.29 is 22.4 Å². The molecule has 2 aromatic heterocycles. The maximum absolute atomic E-state index is 13.4. The average molecular weight is 381 g/mol. The van der Waals surface area contributed by atoms with E-state index in [1.54, 1.807) is 13.8 Å². The minimum absolute atomic E-state index is 0.155. The normalized spacial score (nSPS) is 11.8. The lowest BCUT2D eigenvalue weighted by atomic mass is 10.1. The third kappa shape index (κ3) is 3.74. The Hall–Kier alpha value is -3.04. The Morgan fingerprint density at radius 1 is 1.19 bits per heavy atom. The van der Waals surface area contributed by atoms with Gasteiger partial charge in [0.2, 0.25) is 5.91 Å². The molecule has 6 nitrogen and oxygen atoms in total. The Kier molecular flexibility index (Phi) is 4.58. The predicted molar refractivity (Wildman–Crippen MR) is 88.7 cm³/mol. The number of carbonyl (C=O) groups is 1. The van der Waals surface area contributed by atoms with Gasteiger partial charge in [-0.25, -0.2) is 13.9 Å². The first-order valence-corrected chi connectivity index (χ1v) is 7.92. The third-order valence-corrected chi connectivity index (χ3v) is 4.11. The summed E-state index contributed by atoms with van der Waals surface area (Å²) >= 11 is 0. The summed E-state index contributed by atoms with van der Waals surface area (Å²) in [4.78, 5) is 19.8. The first kappa shape index (κ1) is 18.7. The summed E-state index contributed by atoms with van der Waals surface area (Å²) in [5.74, 6) is -2.43. The number of rotatable bonds is 3. The number of alkyl halides is 3. The molecule has 0 saturated carbocycles. The highest BCUT2D eigenvalue weighted by Crippen LogP contribution is 2.27. The summed E-state index contributed by atoms with van der Waals surface area (Å²) < 4.78 is 52.8. The largest absolute Gasteiger partial charge is 0.453 e. The molecule has 0 aliphatic rings. The Morgan fingerprint density at radius 2 is 1.89 bits per heavy atom. The van der Waals surface area contributed by atoms with Crippen LogP contribution in [-0.2, 0) is 17.4 Å². The van der Waals surface area contributed by atoms with Crippen LogP contribution in [0.5, 0.6) is 0 Å². The van der Waals surface area contributed by atoms with Crippen molar-refractivity contribution in [2.24, 2.45) is 0 Å². The fourth-order valence-electron chi connectivity index (χ4n) is 2.67. The molecule has 1 amide bonds. The number of hydrogen-bond acceptors (Lipinski definition) is 4. The number of anilines is 1. The minimum Gasteiger partial charge on any atom is -0.325 e. The maximum Gasteiger partial charge on any atom is 0.453 e. The highest BCUT2D eigenvalue weighted by Gasteiger charge is 2.37. The van der Waals surface area contributed by atoms with Gasteiger partial charge < -0.3 is 5.32 Å². The first-order valence-electron chi connectivity index (χ1n) is 7.92. The molecule has 0 spiro atoms. The number of hydrogen-bond donors (Lipinski definition) is 1. The molecule has 27 heavy (non-hydrogen) atoms. The standard InChI is InChI=1S/C17H15F4N5O/c1-8-4-5-11(18)6-13(8)23-14(27)7-12-9(2)22-16-24-15(17(19,20)21)25-26(16)10(12)3/h4-6H,7H2,1-3H3,(H,23,27). The summed E-state index contributed by atoms with van der Waals surface area (Å²) in [6, 6.07) is 4.00. The Bertz CT molecular complexity index is 1040. The van der Waals surface area contributed by atoms with E-state index in [2.05, 4.69) is 20.4 Å². The van der Waals surface area contributed by atoms with Gasteiger partial charge in [0.05, 0.1) is 6.42 Å². The monoisotopic (exact) mass is 381 g/mol. The molecule has 1 aromatic carbocycles. The number of nitrogens with zero attached hydrogens (tertiary/aromatic N) is 4. The molecule has 3 rings (SSSR count). The van der Waals surface area contributed by atoms with Crippen LogP contribution < -0.4 is 5.32 Å². The molecule has 0 saturated heterocycles. The lowest BCUT2D eigenvalue weighted by Crippen LogP contribution is -2.18. The van der Waals surface area contributed by atoms with Gasteiger partial charge in [-0.1, -0.05) is 6.07 Å². The predicted octanol–water partition coefficient (Wildman–Crippen LogP) is 3.39. The van der Waals surface area contributed by atoms with E-state index < -0.39 is 23.7 Å². The van der Waals surface area contributed by atoms with Crippen LogP contribution >= 0.6 is 0 Å². The SMILES string of the molecule is Cc1ccc(F)cc1NC(=O)Cc1c(C)nc2nc(C(F)(F)F)nn2c1C. The number of aromatic nitrogens is 4. The van der Waals surface area contributed by atoms with Gasteiger partial charge in [-0.3, -0.25) is 4.79 Å². The molecule has 2 heterocycles. The van der Waals surface area contributed by atoms with E-state index in [9.17, 15) is 22.4 Å². The second-order valence-electron chi connectivity index (χ2n) is 6.09. The zero-order valence-corrected chi connectivity index (χ0v) is 14.6. The van der Waals surface area contributed by atoms with Crippen LogP contribution in [0.15, 0.2) is 18.2 Å². The molecule has 10 heteroatoms. The molecular weight excluding hydrogens is 366 g/mol. The van der Waals surface area contributed by atoms with Gasteiger partial charge in [-0.15, -0.1) is 5.10 Å². The van der Waals surface area contributed by atoms with Crippen molar-refractivity contribution in [3.63, 3.8) is 0 Å². The van der Waals surface area contributed by atoms with Crippen molar-refractivity contribution in [3.8, 4) is 0 Å². The van der Waals surface area contributed by atoms with Gasteiger partial charge in [0, 0.05) is 22.6 Å². The van der Waals surface area contributed by atoms with Crippen LogP contribution in [0, 0.1) is 26.6 Å². The van der Waals surface area contributed by atoms with Gasteiger partial charge in [-0.05, 0) is 38.5 Å². The zero-order chi connectivity index (χ0) is 19.9. The van der Waals surface area contributed by atoms with Crippen molar-refractivity contribution in [1.82, 2.24) is 19.6 Å². The second-order valence-corrected chi connectivity index (χ2v) is 6.09. The van der Waals surface area contributed by atoms with Crippen molar-refractivity contribution in [2.75, 3.05) is 5.32 Å². The van der Waals surface area contributed by atoms with Gasteiger partial charge in [0.1, 0.15) is 5.82 Å². The fraction of sp³-hybridized carbons (Fsp3) is 0.294. The van der Waals surface area contributed by atoms with Crippen LogP contribution in [0.25, 0.3) is 5.78 Å². The third-order valence-electron chi connectivity index (χ3n) is 4.11.